The van der Waals surface area contributed by atoms with E-state index in [2.05, 4.69) is 56.1 Å². The monoisotopic (exact) mass is 250 g/mol. The van der Waals surface area contributed by atoms with E-state index in [4.69, 9.17) is 5.26 Å². The number of nitriles is 1. The molecular formula is C17H18N2. The van der Waals surface area contributed by atoms with Gasteiger partial charge in [-0.2, -0.15) is 5.26 Å². The molecule has 0 saturated heterocycles. The van der Waals surface area contributed by atoms with E-state index in [9.17, 15) is 0 Å². The van der Waals surface area contributed by atoms with Crippen LogP contribution in [-0.4, -0.2) is 7.05 Å². The van der Waals surface area contributed by atoms with Crippen LogP contribution in [0, 0.1) is 25.2 Å². The van der Waals surface area contributed by atoms with Crippen LogP contribution in [0.3, 0.4) is 0 Å². The second-order valence-corrected chi connectivity index (χ2v) is 4.90. The van der Waals surface area contributed by atoms with E-state index in [1.165, 1.54) is 22.4 Å². The molecule has 19 heavy (non-hydrogen) atoms. The number of hydrogen-bond acceptors (Lipinski definition) is 2. The highest BCUT2D eigenvalue weighted by molar-refractivity contribution is 5.53. The van der Waals surface area contributed by atoms with Crippen LogP contribution in [0.2, 0.25) is 0 Å². The van der Waals surface area contributed by atoms with Gasteiger partial charge < -0.3 is 4.90 Å². The van der Waals surface area contributed by atoms with Crippen molar-refractivity contribution in [3.05, 3.63) is 64.7 Å². The lowest BCUT2D eigenvalue weighted by atomic mass is 10.0. The maximum Gasteiger partial charge on any atom is 0.0991 e. The van der Waals surface area contributed by atoms with Crippen LogP contribution in [0.1, 0.15) is 22.3 Å². The standard InChI is InChI=1S/C17H18N2/c1-13-6-4-5-7-17(13)19(3)12-16-9-8-15(11-18)10-14(16)2/h4-10H,12H2,1-3H3. The molecule has 0 aliphatic rings. The van der Waals surface area contributed by atoms with Gasteiger partial charge in [-0.25, -0.2) is 0 Å². The van der Waals surface area contributed by atoms with E-state index in [-0.39, 0.29) is 0 Å². The molecule has 0 N–H and O–H groups in total. The number of nitrogens with zero attached hydrogens (tertiary/aromatic N) is 2. The molecule has 0 radical (unpaired) electrons. The topological polar surface area (TPSA) is 27.0 Å². The summed E-state index contributed by atoms with van der Waals surface area (Å²) in [6.07, 6.45) is 0. The Morgan fingerprint density at radius 3 is 2.42 bits per heavy atom. The summed E-state index contributed by atoms with van der Waals surface area (Å²) in [5.74, 6) is 0. The van der Waals surface area contributed by atoms with Crippen LogP contribution in [0.4, 0.5) is 5.69 Å². The SMILES string of the molecule is Cc1cc(C#N)ccc1CN(C)c1ccccc1C. The van der Waals surface area contributed by atoms with Crippen LogP contribution in [0.15, 0.2) is 42.5 Å². The Morgan fingerprint density at radius 2 is 1.79 bits per heavy atom. The molecule has 2 nitrogen and oxygen atoms in total. The number of hydrogen-bond donors (Lipinski definition) is 0. The number of para-hydroxylation sites is 1. The summed E-state index contributed by atoms with van der Waals surface area (Å²) in [5.41, 5.74) is 5.66. The Hall–Kier alpha value is -2.27. The number of aryl methyl sites for hydroxylation is 2. The first-order chi connectivity index (χ1) is 9.11. The number of benzene rings is 2. The Labute approximate surface area is 114 Å². The minimum Gasteiger partial charge on any atom is -0.370 e. The van der Waals surface area contributed by atoms with E-state index in [1.54, 1.807) is 0 Å². The third-order valence-corrected chi connectivity index (χ3v) is 3.41. The second kappa shape index (κ2) is 5.58. The van der Waals surface area contributed by atoms with E-state index in [0.717, 1.165) is 12.1 Å². The zero-order valence-corrected chi connectivity index (χ0v) is 11.6. The quantitative estimate of drug-likeness (QED) is 0.828. The van der Waals surface area contributed by atoms with Crippen molar-refractivity contribution >= 4 is 5.69 Å². The van der Waals surface area contributed by atoms with Gasteiger partial charge in [0.15, 0.2) is 0 Å². The fourth-order valence-electron chi connectivity index (χ4n) is 2.28. The van der Waals surface area contributed by atoms with Gasteiger partial charge in [-0.15, -0.1) is 0 Å². The molecule has 2 rings (SSSR count). The minimum absolute atomic E-state index is 0.722. The van der Waals surface area contributed by atoms with Gasteiger partial charge in [0, 0.05) is 19.3 Å². The molecule has 0 unspecified atom stereocenters. The van der Waals surface area contributed by atoms with Gasteiger partial charge in [-0.05, 0) is 48.7 Å². The van der Waals surface area contributed by atoms with Crippen molar-refractivity contribution in [2.45, 2.75) is 20.4 Å². The molecule has 96 valence electrons. The molecule has 2 aromatic carbocycles. The van der Waals surface area contributed by atoms with Crippen molar-refractivity contribution in [3.8, 4) is 6.07 Å². The van der Waals surface area contributed by atoms with Crippen LogP contribution >= 0.6 is 0 Å². The van der Waals surface area contributed by atoms with Crippen molar-refractivity contribution in [2.24, 2.45) is 0 Å². The van der Waals surface area contributed by atoms with Gasteiger partial charge in [0.05, 0.1) is 11.6 Å². The zero-order valence-electron chi connectivity index (χ0n) is 11.6. The average Bonchev–Trinajstić information content (AvgIpc) is 2.41. The Balaban J connectivity index is 2.22. The molecule has 0 heterocycles. The fourth-order valence-corrected chi connectivity index (χ4v) is 2.28. The van der Waals surface area contributed by atoms with E-state index >= 15 is 0 Å². The van der Waals surface area contributed by atoms with Crippen LogP contribution < -0.4 is 4.90 Å². The Morgan fingerprint density at radius 1 is 1.05 bits per heavy atom. The van der Waals surface area contributed by atoms with Crippen molar-refractivity contribution in [2.75, 3.05) is 11.9 Å². The van der Waals surface area contributed by atoms with Gasteiger partial charge in [0.25, 0.3) is 0 Å². The highest BCUT2D eigenvalue weighted by Gasteiger charge is 2.07. The highest BCUT2D eigenvalue weighted by Crippen LogP contribution is 2.21. The van der Waals surface area contributed by atoms with Gasteiger partial charge >= 0.3 is 0 Å². The molecular weight excluding hydrogens is 232 g/mol. The van der Waals surface area contributed by atoms with Crippen LogP contribution in [0.25, 0.3) is 0 Å². The summed E-state index contributed by atoms with van der Waals surface area (Å²) >= 11 is 0. The smallest absolute Gasteiger partial charge is 0.0991 e. The lowest BCUT2D eigenvalue weighted by molar-refractivity contribution is 0.909. The van der Waals surface area contributed by atoms with Gasteiger partial charge in [0.2, 0.25) is 0 Å². The van der Waals surface area contributed by atoms with Crippen LogP contribution in [-0.2, 0) is 6.54 Å². The highest BCUT2D eigenvalue weighted by atomic mass is 15.1. The zero-order chi connectivity index (χ0) is 13.8. The number of anilines is 1. The predicted molar refractivity (Wildman–Crippen MR) is 79.2 cm³/mol. The lowest BCUT2D eigenvalue weighted by Crippen LogP contribution is -2.18. The fraction of sp³-hybridized carbons (Fsp3) is 0.235. The summed E-state index contributed by atoms with van der Waals surface area (Å²) in [6, 6.07) is 16.4. The molecule has 2 heteroatoms. The van der Waals surface area contributed by atoms with Crippen molar-refractivity contribution in [1.29, 1.82) is 5.26 Å². The normalized spacial score (nSPS) is 10.0. The summed E-state index contributed by atoms with van der Waals surface area (Å²) < 4.78 is 0. The summed E-state index contributed by atoms with van der Waals surface area (Å²) in [4.78, 5) is 2.24. The average molecular weight is 250 g/mol. The first-order valence-corrected chi connectivity index (χ1v) is 6.38. The molecule has 0 bridgehead atoms. The van der Waals surface area contributed by atoms with Gasteiger partial charge in [0.1, 0.15) is 0 Å². The summed E-state index contributed by atoms with van der Waals surface area (Å²) in [5, 5.41) is 8.89. The van der Waals surface area contributed by atoms with Gasteiger partial charge in [-0.1, -0.05) is 24.3 Å². The third-order valence-electron chi connectivity index (χ3n) is 3.41. The molecule has 0 amide bonds. The molecule has 0 aliphatic heterocycles. The van der Waals surface area contributed by atoms with Crippen molar-refractivity contribution in [1.82, 2.24) is 0 Å². The maximum absolute atomic E-state index is 8.89. The van der Waals surface area contributed by atoms with E-state index in [1.807, 2.05) is 18.2 Å². The lowest BCUT2D eigenvalue weighted by Gasteiger charge is -2.22. The Bertz CT molecular complexity index is 623. The first kappa shape index (κ1) is 13.2. The van der Waals surface area contributed by atoms with Crippen molar-refractivity contribution in [3.63, 3.8) is 0 Å². The molecule has 0 fully saturated rings. The molecule has 0 aliphatic carbocycles. The number of rotatable bonds is 3. The van der Waals surface area contributed by atoms with Crippen molar-refractivity contribution < 1.29 is 0 Å². The largest absolute Gasteiger partial charge is 0.370 e. The molecule has 0 saturated carbocycles. The van der Waals surface area contributed by atoms with Gasteiger partial charge in [-0.3, -0.25) is 0 Å². The summed E-state index contributed by atoms with van der Waals surface area (Å²) in [7, 11) is 2.10. The second-order valence-electron chi connectivity index (χ2n) is 4.90. The molecule has 0 atom stereocenters. The first-order valence-electron chi connectivity index (χ1n) is 6.38. The summed E-state index contributed by atoms with van der Waals surface area (Å²) in [6.45, 7) is 5.03. The van der Waals surface area contributed by atoms with Crippen LogP contribution in [0.5, 0.6) is 0 Å². The van der Waals surface area contributed by atoms with E-state index in [0.29, 0.717) is 0 Å². The minimum atomic E-state index is 0.722. The molecule has 0 spiro atoms. The molecule has 2 aromatic rings. The molecule has 0 aromatic heterocycles. The Kier molecular flexibility index (Phi) is 3.87. The van der Waals surface area contributed by atoms with E-state index < -0.39 is 0 Å². The predicted octanol–water partition coefficient (Wildman–Crippen LogP) is 3.81. The maximum atomic E-state index is 8.89. The third kappa shape index (κ3) is 2.95.